The molecule has 2 aromatic rings. The fourth-order valence-electron chi connectivity index (χ4n) is 2.31. The van der Waals surface area contributed by atoms with E-state index in [2.05, 4.69) is 5.32 Å². The summed E-state index contributed by atoms with van der Waals surface area (Å²) < 4.78 is 10.7. The Balaban J connectivity index is 2.03. The van der Waals surface area contributed by atoms with Crippen molar-refractivity contribution in [2.24, 2.45) is 0 Å². The van der Waals surface area contributed by atoms with E-state index in [4.69, 9.17) is 21.1 Å². The first-order chi connectivity index (χ1) is 11.0. The van der Waals surface area contributed by atoms with Crippen molar-refractivity contribution < 1.29 is 14.3 Å². The molecule has 4 nitrogen and oxygen atoms in total. The van der Waals surface area contributed by atoms with Crippen molar-refractivity contribution in [3.8, 4) is 11.5 Å². The smallest absolute Gasteiger partial charge is 0.224 e. The van der Waals surface area contributed by atoms with Crippen molar-refractivity contribution in [1.82, 2.24) is 0 Å². The SMILES string of the molecule is COc1cccc(OC)c1CCC(=O)Nc1ccc(C)c(Cl)c1. The summed E-state index contributed by atoms with van der Waals surface area (Å²) >= 11 is 6.07. The van der Waals surface area contributed by atoms with Crippen LogP contribution in [0.5, 0.6) is 11.5 Å². The van der Waals surface area contributed by atoms with Crippen LogP contribution in [0.25, 0.3) is 0 Å². The van der Waals surface area contributed by atoms with E-state index in [9.17, 15) is 4.79 Å². The summed E-state index contributed by atoms with van der Waals surface area (Å²) in [6.45, 7) is 1.92. The van der Waals surface area contributed by atoms with Gasteiger partial charge in [0, 0.05) is 22.7 Å². The van der Waals surface area contributed by atoms with Crippen molar-refractivity contribution in [2.45, 2.75) is 19.8 Å². The molecule has 0 atom stereocenters. The zero-order valence-electron chi connectivity index (χ0n) is 13.5. The van der Waals surface area contributed by atoms with Gasteiger partial charge in [-0.2, -0.15) is 0 Å². The van der Waals surface area contributed by atoms with Gasteiger partial charge >= 0.3 is 0 Å². The van der Waals surface area contributed by atoms with Gasteiger partial charge in [0.1, 0.15) is 11.5 Å². The van der Waals surface area contributed by atoms with Crippen LogP contribution >= 0.6 is 11.6 Å². The molecule has 122 valence electrons. The summed E-state index contributed by atoms with van der Waals surface area (Å²) in [7, 11) is 3.21. The van der Waals surface area contributed by atoms with Crippen LogP contribution in [0.2, 0.25) is 5.02 Å². The van der Waals surface area contributed by atoms with Gasteiger partial charge in [0.15, 0.2) is 0 Å². The number of halogens is 1. The average Bonchev–Trinajstić information content (AvgIpc) is 2.55. The molecule has 0 bridgehead atoms. The van der Waals surface area contributed by atoms with Gasteiger partial charge in [0.2, 0.25) is 5.91 Å². The summed E-state index contributed by atoms with van der Waals surface area (Å²) in [5.41, 5.74) is 2.55. The Kier molecular flexibility index (Phi) is 5.88. The van der Waals surface area contributed by atoms with Gasteiger partial charge in [-0.1, -0.05) is 23.7 Å². The molecule has 2 rings (SSSR count). The van der Waals surface area contributed by atoms with E-state index in [-0.39, 0.29) is 5.91 Å². The second kappa shape index (κ2) is 7.88. The van der Waals surface area contributed by atoms with Gasteiger partial charge in [-0.15, -0.1) is 0 Å². The summed E-state index contributed by atoms with van der Waals surface area (Å²) in [5.74, 6) is 1.35. The number of anilines is 1. The van der Waals surface area contributed by atoms with E-state index in [1.54, 1.807) is 20.3 Å². The fraction of sp³-hybridized carbons (Fsp3) is 0.278. The van der Waals surface area contributed by atoms with Gasteiger partial charge in [-0.25, -0.2) is 0 Å². The van der Waals surface area contributed by atoms with Crippen LogP contribution in [0, 0.1) is 6.92 Å². The highest BCUT2D eigenvalue weighted by Gasteiger charge is 2.12. The van der Waals surface area contributed by atoms with Crippen LogP contribution in [-0.2, 0) is 11.2 Å². The number of carbonyl (C=O) groups excluding carboxylic acids is 1. The largest absolute Gasteiger partial charge is 0.496 e. The molecule has 0 radical (unpaired) electrons. The molecule has 0 aromatic heterocycles. The lowest BCUT2D eigenvalue weighted by atomic mass is 10.1. The minimum atomic E-state index is -0.0853. The summed E-state index contributed by atoms with van der Waals surface area (Å²) in [6, 6.07) is 11.0. The van der Waals surface area contributed by atoms with Crippen LogP contribution < -0.4 is 14.8 Å². The normalized spacial score (nSPS) is 10.3. The molecule has 1 N–H and O–H groups in total. The van der Waals surface area contributed by atoms with E-state index in [1.807, 2.05) is 37.3 Å². The first kappa shape index (κ1) is 17.2. The van der Waals surface area contributed by atoms with Crippen LogP contribution in [0.1, 0.15) is 17.5 Å². The summed E-state index contributed by atoms with van der Waals surface area (Å²) in [5, 5.41) is 3.48. The number of nitrogens with one attached hydrogen (secondary N) is 1. The minimum absolute atomic E-state index is 0.0853. The Morgan fingerprint density at radius 1 is 1.13 bits per heavy atom. The average molecular weight is 334 g/mol. The first-order valence-electron chi connectivity index (χ1n) is 7.31. The Labute approximate surface area is 141 Å². The third-order valence-electron chi connectivity index (χ3n) is 3.59. The maximum absolute atomic E-state index is 12.1. The molecule has 0 aliphatic heterocycles. The van der Waals surface area contributed by atoms with Gasteiger partial charge in [0.05, 0.1) is 14.2 Å². The fourth-order valence-corrected chi connectivity index (χ4v) is 2.49. The zero-order valence-corrected chi connectivity index (χ0v) is 14.2. The van der Waals surface area contributed by atoms with Crippen molar-refractivity contribution in [3.05, 3.63) is 52.5 Å². The molecule has 1 amide bonds. The number of hydrogen-bond donors (Lipinski definition) is 1. The zero-order chi connectivity index (χ0) is 16.8. The quantitative estimate of drug-likeness (QED) is 0.860. The van der Waals surface area contributed by atoms with Crippen molar-refractivity contribution >= 4 is 23.2 Å². The molecule has 0 fully saturated rings. The van der Waals surface area contributed by atoms with Gasteiger partial charge < -0.3 is 14.8 Å². The highest BCUT2D eigenvalue weighted by Crippen LogP contribution is 2.29. The molecule has 0 heterocycles. The number of aryl methyl sites for hydroxylation is 1. The van der Waals surface area contributed by atoms with Crippen molar-refractivity contribution in [3.63, 3.8) is 0 Å². The van der Waals surface area contributed by atoms with E-state index in [0.29, 0.717) is 23.6 Å². The number of carbonyl (C=O) groups is 1. The summed E-state index contributed by atoms with van der Waals surface area (Å²) in [6.07, 6.45) is 0.848. The van der Waals surface area contributed by atoms with E-state index < -0.39 is 0 Å². The lowest BCUT2D eigenvalue weighted by molar-refractivity contribution is -0.116. The molecule has 2 aromatic carbocycles. The van der Waals surface area contributed by atoms with E-state index in [1.165, 1.54) is 0 Å². The van der Waals surface area contributed by atoms with Crippen LogP contribution in [0.4, 0.5) is 5.69 Å². The van der Waals surface area contributed by atoms with Crippen molar-refractivity contribution in [1.29, 1.82) is 0 Å². The molecule has 0 aliphatic rings. The minimum Gasteiger partial charge on any atom is -0.496 e. The molecule has 0 aliphatic carbocycles. The molecule has 0 spiro atoms. The molecular formula is C18H20ClNO3. The van der Waals surface area contributed by atoms with E-state index >= 15 is 0 Å². The monoisotopic (exact) mass is 333 g/mol. The number of amides is 1. The third kappa shape index (κ3) is 4.39. The van der Waals surface area contributed by atoms with E-state index in [0.717, 1.165) is 22.6 Å². The molecule has 0 unspecified atom stereocenters. The van der Waals surface area contributed by atoms with Gasteiger partial charge in [0.25, 0.3) is 0 Å². The van der Waals surface area contributed by atoms with Crippen LogP contribution in [0.15, 0.2) is 36.4 Å². The maximum Gasteiger partial charge on any atom is 0.224 e. The lowest BCUT2D eigenvalue weighted by Gasteiger charge is -2.13. The topological polar surface area (TPSA) is 47.6 Å². The first-order valence-corrected chi connectivity index (χ1v) is 7.68. The highest BCUT2D eigenvalue weighted by atomic mass is 35.5. The number of rotatable bonds is 6. The summed E-state index contributed by atoms with van der Waals surface area (Å²) in [4.78, 5) is 12.1. The number of hydrogen-bond acceptors (Lipinski definition) is 3. The Morgan fingerprint density at radius 2 is 1.78 bits per heavy atom. The molecule has 0 saturated heterocycles. The Bertz CT molecular complexity index is 678. The second-order valence-electron chi connectivity index (χ2n) is 5.15. The lowest BCUT2D eigenvalue weighted by Crippen LogP contribution is -2.13. The van der Waals surface area contributed by atoms with Gasteiger partial charge in [-0.05, 0) is 43.2 Å². The third-order valence-corrected chi connectivity index (χ3v) is 3.99. The second-order valence-corrected chi connectivity index (χ2v) is 5.56. The maximum atomic E-state index is 12.1. The number of benzene rings is 2. The van der Waals surface area contributed by atoms with Gasteiger partial charge in [-0.3, -0.25) is 4.79 Å². The Morgan fingerprint density at radius 3 is 2.35 bits per heavy atom. The van der Waals surface area contributed by atoms with Crippen LogP contribution in [-0.4, -0.2) is 20.1 Å². The predicted molar refractivity (Wildman–Crippen MR) is 92.7 cm³/mol. The molecular weight excluding hydrogens is 314 g/mol. The standard InChI is InChI=1S/C18H20ClNO3/c1-12-7-8-13(11-15(12)19)20-18(21)10-9-14-16(22-2)5-4-6-17(14)23-3/h4-8,11H,9-10H2,1-3H3,(H,20,21). The molecule has 0 saturated carbocycles. The number of methoxy groups -OCH3 is 2. The predicted octanol–water partition coefficient (Wildman–Crippen LogP) is 4.24. The molecule has 23 heavy (non-hydrogen) atoms. The molecule has 5 heteroatoms. The number of ether oxygens (including phenoxy) is 2. The highest BCUT2D eigenvalue weighted by molar-refractivity contribution is 6.31. The Hall–Kier alpha value is -2.20. The van der Waals surface area contributed by atoms with Crippen molar-refractivity contribution in [2.75, 3.05) is 19.5 Å². The van der Waals surface area contributed by atoms with Crippen LogP contribution in [0.3, 0.4) is 0 Å².